The van der Waals surface area contributed by atoms with Crippen LogP contribution in [-0.2, 0) is 14.3 Å². The van der Waals surface area contributed by atoms with Crippen LogP contribution in [0.2, 0.25) is 0 Å². The van der Waals surface area contributed by atoms with Gasteiger partial charge in [-0.3, -0.25) is 4.79 Å². The number of anilines is 1. The zero-order valence-corrected chi connectivity index (χ0v) is 11.9. The molecule has 20 heavy (non-hydrogen) atoms. The third-order valence-corrected chi connectivity index (χ3v) is 3.30. The second kappa shape index (κ2) is 7.33. The van der Waals surface area contributed by atoms with E-state index in [1.54, 1.807) is 24.3 Å². The lowest BCUT2D eigenvalue weighted by atomic mass is 10.1. The normalized spacial score (nSPS) is 17.9. The summed E-state index contributed by atoms with van der Waals surface area (Å²) in [5, 5.41) is 2.75. The van der Waals surface area contributed by atoms with Gasteiger partial charge in [0.2, 0.25) is 5.91 Å². The third kappa shape index (κ3) is 4.56. The van der Waals surface area contributed by atoms with E-state index in [9.17, 15) is 4.79 Å². The van der Waals surface area contributed by atoms with Gasteiger partial charge in [0.05, 0.1) is 13.2 Å². The Morgan fingerprint density at radius 1 is 1.45 bits per heavy atom. The van der Waals surface area contributed by atoms with Crippen molar-refractivity contribution in [2.45, 2.75) is 6.42 Å². The van der Waals surface area contributed by atoms with Crippen molar-refractivity contribution in [3.05, 3.63) is 29.8 Å². The van der Waals surface area contributed by atoms with Crippen LogP contribution in [0.15, 0.2) is 24.3 Å². The van der Waals surface area contributed by atoms with Gasteiger partial charge < -0.3 is 20.5 Å². The fourth-order valence-corrected chi connectivity index (χ4v) is 2.08. The molecule has 1 saturated heterocycles. The van der Waals surface area contributed by atoms with E-state index in [1.807, 2.05) is 0 Å². The molecule has 1 heterocycles. The molecule has 3 N–H and O–H groups in total. The first kappa shape index (κ1) is 14.9. The minimum atomic E-state index is -0.174. The van der Waals surface area contributed by atoms with Gasteiger partial charge >= 0.3 is 0 Å². The van der Waals surface area contributed by atoms with Crippen molar-refractivity contribution in [1.82, 2.24) is 0 Å². The van der Waals surface area contributed by atoms with E-state index in [2.05, 4.69) is 5.32 Å². The summed E-state index contributed by atoms with van der Waals surface area (Å²) >= 11 is 4.86. The first-order valence-corrected chi connectivity index (χ1v) is 6.91. The van der Waals surface area contributed by atoms with Crippen LogP contribution in [0.25, 0.3) is 0 Å². The molecule has 1 aliphatic rings. The van der Waals surface area contributed by atoms with Gasteiger partial charge in [-0.1, -0.05) is 12.2 Å². The average molecular weight is 294 g/mol. The van der Waals surface area contributed by atoms with Gasteiger partial charge in [0.1, 0.15) is 11.6 Å². The average Bonchev–Trinajstić information content (AvgIpc) is 2.92. The van der Waals surface area contributed by atoms with Gasteiger partial charge in [-0.2, -0.15) is 0 Å². The highest BCUT2D eigenvalue weighted by Gasteiger charge is 2.16. The van der Waals surface area contributed by atoms with Gasteiger partial charge in [0.15, 0.2) is 0 Å². The summed E-state index contributed by atoms with van der Waals surface area (Å²) in [6, 6.07) is 7.07. The monoisotopic (exact) mass is 294 g/mol. The maximum absolute atomic E-state index is 11.7. The van der Waals surface area contributed by atoms with Crippen molar-refractivity contribution in [3.63, 3.8) is 0 Å². The maximum atomic E-state index is 11.7. The summed E-state index contributed by atoms with van der Waals surface area (Å²) in [7, 11) is 0. The number of thiocarbonyl (C=S) groups is 1. The zero-order chi connectivity index (χ0) is 14.4. The van der Waals surface area contributed by atoms with Crippen LogP contribution in [-0.4, -0.2) is 37.3 Å². The Balaban J connectivity index is 1.71. The Bertz CT molecular complexity index is 470. The van der Waals surface area contributed by atoms with E-state index in [0.29, 0.717) is 23.2 Å². The predicted octanol–water partition coefficient (Wildman–Crippen LogP) is 1.31. The Hall–Kier alpha value is -1.50. The van der Waals surface area contributed by atoms with Crippen molar-refractivity contribution in [2.75, 3.05) is 31.7 Å². The first-order chi connectivity index (χ1) is 9.65. The molecule has 1 fully saturated rings. The molecule has 0 saturated carbocycles. The van der Waals surface area contributed by atoms with Crippen molar-refractivity contribution in [2.24, 2.45) is 11.7 Å². The molecule has 5 nitrogen and oxygen atoms in total. The van der Waals surface area contributed by atoms with Gasteiger partial charge in [0.25, 0.3) is 0 Å². The quantitative estimate of drug-likeness (QED) is 0.774. The van der Waals surface area contributed by atoms with E-state index in [0.717, 1.165) is 25.2 Å². The zero-order valence-electron chi connectivity index (χ0n) is 11.1. The third-order valence-electron chi connectivity index (χ3n) is 3.06. The summed E-state index contributed by atoms with van der Waals surface area (Å²) in [5.41, 5.74) is 6.98. The second-order valence-corrected chi connectivity index (χ2v) is 5.17. The largest absolute Gasteiger partial charge is 0.389 e. The Morgan fingerprint density at radius 3 is 2.80 bits per heavy atom. The lowest BCUT2D eigenvalue weighted by Gasteiger charge is -2.09. The van der Waals surface area contributed by atoms with Crippen LogP contribution in [0.3, 0.4) is 0 Å². The summed E-state index contributed by atoms with van der Waals surface area (Å²) in [4.78, 5) is 12.0. The second-order valence-electron chi connectivity index (χ2n) is 4.73. The lowest BCUT2D eigenvalue weighted by molar-refractivity contribution is -0.121. The van der Waals surface area contributed by atoms with Crippen molar-refractivity contribution in [1.29, 1.82) is 0 Å². The molecule has 0 aromatic heterocycles. The molecular formula is C14H18N2O3S. The molecule has 0 bridgehead atoms. The van der Waals surface area contributed by atoms with E-state index >= 15 is 0 Å². The lowest BCUT2D eigenvalue weighted by Crippen LogP contribution is -2.21. The molecule has 1 amide bonds. The van der Waals surface area contributed by atoms with Gasteiger partial charge in [-0.15, -0.1) is 0 Å². The molecule has 0 aliphatic carbocycles. The Kier molecular flexibility index (Phi) is 5.46. The van der Waals surface area contributed by atoms with Crippen molar-refractivity contribution >= 4 is 28.8 Å². The SMILES string of the molecule is NC(=S)c1ccc(NC(=O)COCC2CCOC2)cc1. The topological polar surface area (TPSA) is 73.6 Å². The molecule has 6 heteroatoms. The minimum absolute atomic E-state index is 0.0492. The molecule has 0 radical (unpaired) electrons. The molecule has 1 aliphatic heterocycles. The summed E-state index contributed by atoms with van der Waals surface area (Å²) < 4.78 is 10.6. The molecule has 1 aromatic carbocycles. The van der Waals surface area contributed by atoms with E-state index < -0.39 is 0 Å². The van der Waals surface area contributed by atoms with Crippen LogP contribution < -0.4 is 11.1 Å². The highest BCUT2D eigenvalue weighted by molar-refractivity contribution is 7.80. The van der Waals surface area contributed by atoms with Gasteiger partial charge in [0, 0.05) is 23.8 Å². The number of nitrogens with two attached hydrogens (primary N) is 1. The maximum Gasteiger partial charge on any atom is 0.250 e. The van der Waals surface area contributed by atoms with Gasteiger partial charge in [-0.25, -0.2) is 0 Å². The molecule has 1 unspecified atom stereocenters. The van der Waals surface area contributed by atoms with E-state index in [4.69, 9.17) is 27.4 Å². The van der Waals surface area contributed by atoms with Gasteiger partial charge in [-0.05, 0) is 30.7 Å². The number of hydrogen-bond acceptors (Lipinski definition) is 4. The number of nitrogens with one attached hydrogen (secondary N) is 1. The smallest absolute Gasteiger partial charge is 0.250 e. The van der Waals surface area contributed by atoms with Crippen molar-refractivity contribution < 1.29 is 14.3 Å². The number of carbonyl (C=O) groups excluding carboxylic acids is 1. The number of benzene rings is 1. The van der Waals surface area contributed by atoms with E-state index in [-0.39, 0.29) is 12.5 Å². The molecule has 0 spiro atoms. The molecular weight excluding hydrogens is 276 g/mol. The predicted molar refractivity (Wildman–Crippen MR) is 80.7 cm³/mol. The van der Waals surface area contributed by atoms with Crippen LogP contribution >= 0.6 is 12.2 Å². The highest BCUT2D eigenvalue weighted by atomic mass is 32.1. The van der Waals surface area contributed by atoms with E-state index in [1.165, 1.54) is 0 Å². The van der Waals surface area contributed by atoms with Crippen LogP contribution in [0.1, 0.15) is 12.0 Å². The fourth-order valence-electron chi connectivity index (χ4n) is 1.95. The van der Waals surface area contributed by atoms with Crippen molar-refractivity contribution in [3.8, 4) is 0 Å². The minimum Gasteiger partial charge on any atom is -0.389 e. The summed E-state index contributed by atoms with van der Waals surface area (Å²) in [6.07, 6.45) is 1.00. The number of rotatable bonds is 6. The summed E-state index contributed by atoms with van der Waals surface area (Å²) in [6.45, 7) is 2.12. The standard InChI is InChI=1S/C14H18N2O3S/c15-14(20)11-1-3-12(4-2-11)16-13(17)9-19-8-10-5-6-18-7-10/h1-4,10H,5-9H2,(H2,15,20)(H,16,17). The number of amides is 1. The fraction of sp³-hybridized carbons (Fsp3) is 0.429. The summed E-state index contributed by atoms with van der Waals surface area (Å²) in [5.74, 6) is 0.236. The van der Waals surface area contributed by atoms with Crippen LogP contribution in [0, 0.1) is 5.92 Å². The Morgan fingerprint density at radius 2 is 2.20 bits per heavy atom. The molecule has 2 rings (SSSR count). The van der Waals surface area contributed by atoms with Crippen LogP contribution in [0.4, 0.5) is 5.69 Å². The number of hydrogen-bond donors (Lipinski definition) is 2. The molecule has 108 valence electrons. The Labute approximate surface area is 123 Å². The number of carbonyl (C=O) groups is 1. The molecule has 1 atom stereocenters. The van der Waals surface area contributed by atoms with Crippen LogP contribution in [0.5, 0.6) is 0 Å². The highest BCUT2D eigenvalue weighted by Crippen LogP contribution is 2.12. The molecule has 1 aromatic rings. The first-order valence-electron chi connectivity index (χ1n) is 6.50. The number of ether oxygens (including phenoxy) is 2.